The van der Waals surface area contributed by atoms with Gasteiger partial charge < -0.3 is 4.74 Å². The Morgan fingerprint density at radius 1 is 1.30 bits per heavy atom. The first-order chi connectivity index (χ1) is 9.49. The number of esters is 1. The molecular weight excluding hydrogens is 299 g/mol. The van der Waals surface area contributed by atoms with Crippen LogP contribution in [0.1, 0.15) is 31.7 Å². The van der Waals surface area contributed by atoms with Gasteiger partial charge in [0.15, 0.2) is 5.78 Å². The number of hydrogen-bond donors (Lipinski definition) is 0. The second-order valence-electron chi connectivity index (χ2n) is 4.72. The van der Waals surface area contributed by atoms with Crippen LogP contribution in [0.2, 0.25) is 10.0 Å². The first kappa shape index (κ1) is 15.1. The number of benzene rings is 1. The summed E-state index contributed by atoms with van der Waals surface area (Å²) in [5, 5.41) is 0.681. The van der Waals surface area contributed by atoms with Crippen molar-refractivity contribution in [1.29, 1.82) is 0 Å². The van der Waals surface area contributed by atoms with E-state index in [1.165, 1.54) is 13.0 Å². The van der Waals surface area contributed by atoms with Gasteiger partial charge in [-0.2, -0.15) is 0 Å². The molecule has 0 amide bonds. The Morgan fingerprint density at radius 2 is 2.00 bits per heavy atom. The lowest BCUT2D eigenvalue weighted by Gasteiger charge is -2.25. The van der Waals surface area contributed by atoms with Gasteiger partial charge in [-0.3, -0.25) is 4.79 Å². The fourth-order valence-electron chi connectivity index (χ4n) is 1.80. The highest BCUT2D eigenvalue weighted by molar-refractivity contribution is 6.43. The minimum absolute atomic E-state index is 0.0129. The molecule has 5 heteroatoms. The van der Waals surface area contributed by atoms with E-state index < -0.39 is 5.97 Å². The molecule has 1 aliphatic rings. The topological polar surface area (TPSA) is 43.4 Å². The summed E-state index contributed by atoms with van der Waals surface area (Å²) < 4.78 is 5.25. The van der Waals surface area contributed by atoms with E-state index in [4.69, 9.17) is 27.9 Å². The van der Waals surface area contributed by atoms with E-state index in [0.29, 0.717) is 15.6 Å². The third kappa shape index (κ3) is 3.41. The molecule has 0 unspecified atom stereocenters. The minimum atomic E-state index is -0.599. The average Bonchev–Trinajstić information content (AvgIpc) is 2.35. The van der Waals surface area contributed by atoms with Gasteiger partial charge in [0.2, 0.25) is 0 Å². The van der Waals surface area contributed by atoms with Crippen molar-refractivity contribution in [2.45, 2.75) is 32.3 Å². The van der Waals surface area contributed by atoms with E-state index in [9.17, 15) is 9.59 Å². The molecule has 0 aromatic heterocycles. The smallest absolute Gasteiger partial charge is 0.342 e. The highest BCUT2D eigenvalue weighted by atomic mass is 35.5. The summed E-state index contributed by atoms with van der Waals surface area (Å²) in [6.45, 7) is 1.33. The van der Waals surface area contributed by atoms with E-state index >= 15 is 0 Å². The van der Waals surface area contributed by atoms with Crippen LogP contribution in [0.3, 0.4) is 0 Å². The molecule has 0 spiro atoms. The zero-order chi connectivity index (χ0) is 14.7. The third-order valence-corrected chi connectivity index (χ3v) is 4.04. The molecule has 20 heavy (non-hydrogen) atoms. The second-order valence-corrected chi connectivity index (χ2v) is 5.50. The molecule has 106 valence electrons. The van der Waals surface area contributed by atoms with Crippen molar-refractivity contribution in [3.05, 3.63) is 39.4 Å². The third-order valence-electron chi connectivity index (χ3n) is 3.21. The van der Waals surface area contributed by atoms with Crippen LogP contribution >= 0.6 is 23.2 Å². The SMILES string of the molecule is CC(=O)/C(=C\c1cccc(Cl)c1Cl)C(=O)OC1CCC1. The van der Waals surface area contributed by atoms with Gasteiger partial charge in [-0.25, -0.2) is 4.79 Å². The number of carbonyl (C=O) groups excluding carboxylic acids is 2. The lowest BCUT2D eigenvalue weighted by molar-refractivity contribution is -0.148. The monoisotopic (exact) mass is 312 g/mol. The fourth-order valence-corrected chi connectivity index (χ4v) is 2.16. The van der Waals surface area contributed by atoms with Crippen molar-refractivity contribution in [3.63, 3.8) is 0 Å². The van der Waals surface area contributed by atoms with E-state index in [1.54, 1.807) is 18.2 Å². The lowest BCUT2D eigenvalue weighted by Crippen LogP contribution is -2.27. The molecule has 1 aliphatic carbocycles. The van der Waals surface area contributed by atoms with Gasteiger partial charge in [-0.15, -0.1) is 0 Å². The van der Waals surface area contributed by atoms with Crippen LogP contribution < -0.4 is 0 Å². The summed E-state index contributed by atoms with van der Waals surface area (Å²) in [4.78, 5) is 23.6. The molecule has 0 bridgehead atoms. The number of ketones is 1. The molecule has 0 radical (unpaired) electrons. The van der Waals surface area contributed by atoms with Crippen LogP contribution in [-0.2, 0) is 14.3 Å². The zero-order valence-electron chi connectivity index (χ0n) is 11.0. The number of hydrogen-bond acceptors (Lipinski definition) is 3. The fraction of sp³-hybridized carbons (Fsp3) is 0.333. The molecule has 3 nitrogen and oxygen atoms in total. The maximum absolute atomic E-state index is 12.0. The average molecular weight is 313 g/mol. The van der Waals surface area contributed by atoms with Crippen LogP contribution in [0.15, 0.2) is 23.8 Å². The lowest BCUT2D eigenvalue weighted by atomic mass is 9.96. The number of carbonyl (C=O) groups is 2. The molecule has 0 aliphatic heterocycles. The van der Waals surface area contributed by atoms with Crippen LogP contribution in [0.5, 0.6) is 0 Å². The molecule has 0 atom stereocenters. The first-order valence-corrected chi connectivity index (χ1v) is 7.12. The largest absolute Gasteiger partial charge is 0.459 e. The van der Waals surface area contributed by atoms with Crippen LogP contribution in [0, 0.1) is 0 Å². The van der Waals surface area contributed by atoms with Gasteiger partial charge in [-0.05, 0) is 43.9 Å². The summed E-state index contributed by atoms with van der Waals surface area (Å²) in [7, 11) is 0. The highest BCUT2D eigenvalue weighted by Gasteiger charge is 2.25. The minimum Gasteiger partial charge on any atom is -0.459 e. The maximum Gasteiger partial charge on any atom is 0.342 e. The van der Waals surface area contributed by atoms with Gasteiger partial charge in [0, 0.05) is 0 Å². The summed E-state index contributed by atoms with van der Waals surface area (Å²) >= 11 is 12.0. The Hall–Kier alpha value is -1.32. The molecule has 1 aromatic carbocycles. The molecule has 0 heterocycles. The normalized spacial score (nSPS) is 15.7. The van der Waals surface area contributed by atoms with Gasteiger partial charge in [-0.1, -0.05) is 35.3 Å². The van der Waals surface area contributed by atoms with Crippen LogP contribution in [-0.4, -0.2) is 17.9 Å². The number of ether oxygens (including phenoxy) is 1. The molecule has 1 fully saturated rings. The molecule has 0 saturated heterocycles. The summed E-state index contributed by atoms with van der Waals surface area (Å²) in [5.41, 5.74) is 0.510. The van der Waals surface area contributed by atoms with Crippen molar-refractivity contribution in [3.8, 4) is 0 Å². The van der Waals surface area contributed by atoms with Crippen molar-refractivity contribution in [2.24, 2.45) is 0 Å². The molecule has 1 aromatic rings. The van der Waals surface area contributed by atoms with E-state index in [1.807, 2.05) is 0 Å². The van der Waals surface area contributed by atoms with Crippen molar-refractivity contribution < 1.29 is 14.3 Å². The van der Waals surface area contributed by atoms with Gasteiger partial charge in [0.1, 0.15) is 11.7 Å². The van der Waals surface area contributed by atoms with Crippen molar-refractivity contribution in [1.82, 2.24) is 0 Å². The Balaban J connectivity index is 2.27. The summed E-state index contributed by atoms with van der Waals surface area (Å²) in [6, 6.07) is 5.03. The maximum atomic E-state index is 12.0. The van der Waals surface area contributed by atoms with E-state index in [2.05, 4.69) is 0 Å². The van der Waals surface area contributed by atoms with E-state index in [-0.39, 0.29) is 17.5 Å². The van der Waals surface area contributed by atoms with E-state index in [0.717, 1.165) is 19.3 Å². The van der Waals surface area contributed by atoms with Gasteiger partial charge in [0.05, 0.1) is 10.0 Å². The van der Waals surface area contributed by atoms with Gasteiger partial charge in [0.25, 0.3) is 0 Å². The Labute approximate surface area is 127 Å². The zero-order valence-corrected chi connectivity index (χ0v) is 12.5. The first-order valence-electron chi connectivity index (χ1n) is 6.36. The summed E-state index contributed by atoms with van der Waals surface area (Å²) in [5.74, 6) is -0.955. The van der Waals surface area contributed by atoms with Crippen LogP contribution in [0.4, 0.5) is 0 Å². The van der Waals surface area contributed by atoms with Gasteiger partial charge >= 0.3 is 5.97 Å². The Morgan fingerprint density at radius 3 is 2.55 bits per heavy atom. The molecule has 2 rings (SSSR count). The standard InChI is InChI=1S/C15H14Cl2O3/c1-9(18)12(15(19)20-11-5-3-6-11)8-10-4-2-7-13(16)14(10)17/h2,4,7-8,11H,3,5-6H2,1H3/b12-8+. The quantitative estimate of drug-likeness (QED) is 0.364. The highest BCUT2D eigenvalue weighted by Crippen LogP contribution is 2.28. The molecule has 0 N–H and O–H groups in total. The van der Waals surface area contributed by atoms with Crippen molar-refractivity contribution >= 4 is 41.0 Å². The second kappa shape index (κ2) is 6.42. The number of rotatable bonds is 4. The predicted octanol–water partition coefficient (Wildman–Crippen LogP) is 4.06. The Bertz CT molecular complexity index is 574. The summed E-state index contributed by atoms with van der Waals surface area (Å²) in [6.07, 6.45) is 4.12. The number of halogens is 2. The molecule has 1 saturated carbocycles. The molecular formula is C15H14Cl2O3. The van der Waals surface area contributed by atoms with Crippen LogP contribution in [0.25, 0.3) is 6.08 Å². The number of Topliss-reactive ketones (excluding diaryl/α,β-unsaturated/α-hetero) is 1. The Kier molecular flexibility index (Phi) is 4.84. The van der Waals surface area contributed by atoms with Crippen molar-refractivity contribution in [2.75, 3.05) is 0 Å². The predicted molar refractivity (Wildman–Crippen MR) is 78.9 cm³/mol.